The minimum atomic E-state index is -1.12. The molecule has 1 heterocycles. The van der Waals surface area contributed by atoms with Crippen LogP contribution < -0.4 is 5.63 Å². The van der Waals surface area contributed by atoms with Gasteiger partial charge in [0.2, 0.25) is 5.76 Å². The van der Waals surface area contributed by atoms with Crippen molar-refractivity contribution in [3.63, 3.8) is 0 Å². The van der Waals surface area contributed by atoms with Crippen LogP contribution in [-0.2, 0) is 0 Å². The first-order valence-electron chi connectivity index (χ1n) is 7.49. The van der Waals surface area contributed by atoms with Crippen molar-refractivity contribution in [3.8, 4) is 0 Å². The minimum Gasteiger partial charge on any atom is -0.475 e. The first-order valence-corrected chi connectivity index (χ1v) is 7.49. The van der Waals surface area contributed by atoms with Crippen LogP contribution in [0.15, 0.2) is 21.3 Å². The fraction of sp³-hybridized carbons (Fsp3) is 0.625. The zero-order valence-electron chi connectivity index (χ0n) is 11.2. The van der Waals surface area contributed by atoms with Crippen LogP contribution in [0.4, 0.5) is 0 Å². The lowest BCUT2D eigenvalue weighted by molar-refractivity contribution is -0.00403. The van der Waals surface area contributed by atoms with Crippen LogP contribution in [0.1, 0.15) is 54.1 Å². The van der Waals surface area contributed by atoms with Crippen LogP contribution in [0.3, 0.4) is 0 Å². The molecule has 4 saturated carbocycles. The lowest BCUT2D eigenvalue weighted by Crippen LogP contribution is -2.44. The molecule has 4 fully saturated rings. The monoisotopic (exact) mass is 274 g/mol. The van der Waals surface area contributed by atoms with E-state index in [1.807, 2.05) is 0 Å². The number of carbonyl (C=O) groups is 1. The normalized spacial score (nSPS) is 38.1. The Bertz CT molecular complexity index is 587. The van der Waals surface area contributed by atoms with E-state index in [1.54, 1.807) is 6.07 Å². The van der Waals surface area contributed by atoms with Crippen LogP contribution in [0.5, 0.6) is 0 Å². The number of hydrogen-bond acceptors (Lipinski definition) is 3. The van der Waals surface area contributed by atoms with Gasteiger partial charge in [-0.05, 0) is 67.8 Å². The summed E-state index contributed by atoms with van der Waals surface area (Å²) in [6, 6.07) is 3.06. The smallest absolute Gasteiger partial charge is 0.372 e. The van der Waals surface area contributed by atoms with Crippen molar-refractivity contribution < 1.29 is 14.3 Å². The summed E-state index contributed by atoms with van der Waals surface area (Å²) < 4.78 is 4.97. The molecule has 0 radical (unpaired) electrons. The van der Waals surface area contributed by atoms with Gasteiger partial charge in [0.25, 0.3) is 0 Å². The second-order valence-electron chi connectivity index (χ2n) is 6.80. The molecule has 4 heteroatoms. The summed E-state index contributed by atoms with van der Waals surface area (Å²) in [5.41, 5.74) is 0.181. The average Bonchev–Trinajstić information content (AvgIpc) is 2.38. The van der Waals surface area contributed by atoms with Gasteiger partial charge in [-0.15, -0.1) is 0 Å². The molecule has 1 aromatic rings. The zero-order valence-corrected chi connectivity index (χ0v) is 11.2. The van der Waals surface area contributed by atoms with Gasteiger partial charge < -0.3 is 9.52 Å². The van der Waals surface area contributed by atoms with Crippen molar-refractivity contribution in [1.82, 2.24) is 0 Å². The fourth-order valence-corrected chi connectivity index (χ4v) is 5.29. The molecule has 106 valence electrons. The van der Waals surface area contributed by atoms with Gasteiger partial charge in [0.15, 0.2) is 0 Å². The van der Waals surface area contributed by atoms with Gasteiger partial charge in [0.05, 0.1) is 0 Å². The number of hydrogen-bond donors (Lipinski definition) is 1. The van der Waals surface area contributed by atoms with Crippen molar-refractivity contribution >= 4 is 5.97 Å². The SMILES string of the molecule is O=C(O)c1oc(=O)ccc1C1C2CC3CC(C2)CC1C3. The molecule has 0 unspecified atom stereocenters. The summed E-state index contributed by atoms with van der Waals surface area (Å²) in [6.45, 7) is 0. The van der Waals surface area contributed by atoms with E-state index in [4.69, 9.17) is 4.42 Å². The van der Waals surface area contributed by atoms with Gasteiger partial charge in [-0.3, -0.25) is 0 Å². The van der Waals surface area contributed by atoms with Crippen molar-refractivity contribution in [2.75, 3.05) is 0 Å². The summed E-state index contributed by atoms with van der Waals surface area (Å²) in [5, 5.41) is 9.31. The Hall–Kier alpha value is -1.58. The molecule has 0 spiro atoms. The summed E-state index contributed by atoms with van der Waals surface area (Å²) in [7, 11) is 0. The molecule has 1 aromatic heterocycles. The molecule has 4 aliphatic carbocycles. The maximum absolute atomic E-state index is 11.4. The molecule has 4 nitrogen and oxygen atoms in total. The van der Waals surface area contributed by atoms with E-state index in [9.17, 15) is 14.7 Å². The number of carboxylic acids is 1. The Morgan fingerprint density at radius 1 is 1.05 bits per heavy atom. The van der Waals surface area contributed by atoms with Crippen molar-refractivity contribution in [1.29, 1.82) is 0 Å². The van der Waals surface area contributed by atoms with E-state index in [2.05, 4.69) is 0 Å². The second-order valence-corrected chi connectivity index (χ2v) is 6.80. The summed E-state index contributed by atoms with van der Waals surface area (Å²) in [4.78, 5) is 22.7. The summed E-state index contributed by atoms with van der Waals surface area (Å²) in [6.07, 6.45) is 6.24. The van der Waals surface area contributed by atoms with Crippen LogP contribution >= 0.6 is 0 Å². The highest BCUT2D eigenvalue weighted by molar-refractivity contribution is 5.86. The molecular formula is C16H18O4. The third kappa shape index (κ3) is 1.74. The second kappa shape index (κ2) is 4.21. The molecule has 0 aliphatic heterocycles. The number of carboxylic acid groups (broad SMARTS) is 1. The average molecular weight is 274 g/mol. The third-order valence-corrected chi connectivity index (χ3v) is 5.64. The van der Waals surface area contributed by atoms with Crippen LogP contribution in [0, 0.1) is 23.7 Å². The Morgan fingerprint density at radius 3 is 2.20 bits per heavy atom. The molecule has 4 aliphatic rings. The fourth-order valence-electron chi connectivity index (χ4n) is 5.29. The Kier molecular flexibility index (Phi) is 2.56. The molecule has 0 aromatic carbocycles. The molecule has 5 rings (SSSR count). The Balaban J connectivity index is 1.78. The first-order chi connectivity index (χ1) is 9.61. The highest BCUT2D eigenvalue weighted by Crippen LogP contribution is 2.60. The Morgan fingerprint density at radius 2 is 1.65 bits per heavy atom. The topological polar surface area (TPSA) is 67.5 Å². The van der Waals surface area contributed by atoms with Gasteiger partial charge in [-0.1, -0.05) is 0 Å². The molecule has 20 heavy (non-hydrogen) atoms. The highest BCUT2D eigenvalue weighted by Gasteiger charge is 2.49. The summed E-state index contributed by atoms with van der Waals surface area (Å²) >= 11 is 0. The zero-order chi connectivity index (χ0) is 13.9. The molecule has 0 amide bonds. The van der Waals surface area contributed by atoms with Gasteiger partial charge in [0.1, 0.15) is 0 Å². The predicted molar refractivity (Wildman–Crippen MR) is 71.7 cm³/mol. The highest BCUT2D eigenvalue weighted by atomic mass is 16.4. The molecule has 0 atom stereocenters. The van der Waals surface area contributed by atoms with Crippen molar-refractivity contribution in [2.45, 2.75) is 38.0 Å². The third-order valence-electron chi connectivity index (χ3n) is 5.64. The first kappa shape index (κ1) is 12.2. The van der Waals surface area contributed by atoms with E-state index in [-0.39, 0.29) is 11.7 Å². The van der Waals surface area contributed by atoms with Gasteiger partial charge in [0, 0.05) is 11.6 Å². The number of rotatable bonds is 2. The molecule has 1 N–H and O–H groups in total. The number of aromatic carboxylic acids is 1. The lowest BCUT2D eigenvalue weighted by atomic mass is 9.50. The van der Waals surface area contributed by atoms with E-state index < -0.39 is 11.6 Å². The van der Waals surface area contributed by atoms with Crippen LogP contribution in [0.2, 0.25) is 0 Å². The van der Waals surface area contributed by atoms with E-state index >= 15 is 0 Å². The van der Waals surface area contributed by atoms with E-state index in [0.29, 0.717) is 11.8 Å². The molecule has 0 saturated heterocycles. The van der Waals surface area contributed by atoms with Gasteiger partial charge in [-0.2, -0.15) is 0 Å². The minimum absolute atomic E-state index is 0.130. The van der Waals surface area contributed by atoms with E-state index in [0.717, 1.165) is 17.4 Å². The van der Waals surface area contributed by atoms with Crippen LogP contribution in [-0.4, -0.2) is 11.1 Å². The van der Waals surface area contributed by atoms with Gasteiger partial charge >= 0.3 is 11.6 Å². The standard InChI is InChI=1S/C16H18O4/c17-13-2-1-12(15(20-13)16(18)19)14-10-4-8-3-9(6-10)7-11(14)5-8/h1-2,8-11,14H,3-7H2,(H,18,19). The molecule has 4 bridgehead atoms. The van der Waals surface area contributed by atoms with E-state index in [1.165, 1.54) is 38.2 Å². The molecular weight excluding hydrogens is 256 g/mol. The van der Waals surface area contributed by atoms with Crippen LogP contribution in [0.25, 0.3) is 0 Å². The Labute approximate surface area is 116 Å². The maximum atomic E-state index is 11.4. The van der Waals surface area contributed by atoms with Crippen molar-refractivity contribution in [3.05, 3.63) is 33.9 Å². The quantitative estimate of drug-likeness (QED) is 0.900. The maximum Gasteiger partial charge on any atom is 0.372 e. The summed E-state index contributed by atoms with van der Waals surface area (Å²) in [5.74, 6) is 1.88. The van der Waals surface area contributed by atoms with Crippen molar-refractivity contribution in [2.24, 2.45) is 23.7 Å². The largest absolute Gasteiger partial charge is 0.475 e. The lowest BCUT2D eigenvalue weighted by Gasteiger charge is -2.54. The van der Waals surface area contributed by atoms with Gasteiger partial charge in [-0.25, -0.2) is 9.59 Å². The predicted octanol–water partition coefficient (Wildman–Crippen LogP) is 2.88.